The van der Waals surface area contributed by atoms with Crippen LogP contribution in [0.1, 0.15) is 12.0 Å². The Morgan fingerprint density at radius 3 is 2.74 bits per heavy atom. The number of methoxy groups -OCH3 is 1. The molecule has 0 unspecified atom stereocenters. The Labute approximate surface area is 168 Å². The number of benzene rings is 2. The molecule has 27 heavy (non-hydrogen) atoms. The summed E-state index contributed by atoms with van der Waals surface area (Å²) in [6.07, 6.45) is 3.59. The molecule has 0 aliphatic heterocycles. The minimum atomic E-state index is -0.148. The van der Waals surface area contributed by atoms with Crippen LogP contribution in [0.4, 0.5) is 0 Å². The van der Waals surface area contributed by atoms with Crippen LogP contribution in [0, 0.1) is 0 Å². The van der Waals surface area contributed by atoms with Crippen molar-refractivity contribution in [1.29, 1.82) is 0 Å². The Morgan fingerprint density at radius 1 is 1.26 bits per heavy atom. The van der Waals surface area contributed by atoms with E-state index in [4.69, 9.17) is 21.1 Å². The van der Waals surface area contributed by atoms with Gasteiger partial charge < -0.3 is 9.47 Å². The van der Waals surface area contributed by atoms with Crippen LogP contribution in [-0.4, -0.2) is 31.6 Å². The number of nitrogens with zero attached hydrogens (tertiary/aromatic N) is 1. The first-order valence-electron chi connectivity index (χ1n) is 8.24. The number of nitrogens with one attached hydrogen (secondary N) is 1. The quantitative estimate of drug-likeness (QED) is 0.273. The highest BCUT2D eigenvalue weighted by Gasteiger charge is 2.05. The standard InChI is InChI=1S/C20H21ClN2O3S/c1-3-11-26-18-9-4-15(13-19(18)25-2)14-22-23-20(24)10-12-27-17-7-5-16(21)6-8-17/h3-9,13-14H,1,10-12H2,2H3,(H,23,24). The lowest BCUT2D eigenvalue weighted by atomic mass is 10.2. The molecule has 0 saturated carbocycles. The summed E-state index contributed by atoms with van der Waals surface area (Å²) in [4.78, 5) is 12.9. The molecule has 2 aromatic carbocycles. The number of ether oxygens (including phenoxy) is 2. The molecule has 0 spiro atoms. The zero-order chi connectivity index (χ0) is 19.5. The van der Waals surface area contributed by atoms with E-state index in [2.05, 4.69) is 17.1 Å². The van der Waals surface area contributed by atoms with Crippen molar-refractivity contribution in [3.8, 4) is 11.5 Å². The molecular weight excluding hydrogens is 384 g/mol. The van der Waals surface area contributed by atoms with E-state index < -0.39 is 0 Å². The smallest absolute Gasteiger partial charge is 0.240 e. The maximum absolute atomic E-state index is 11.9. The fraction of sp³-hybridized carbons (Fsp3) is 0.200. The Kier molecular flexibility index (Phi) is 8.74. The molecule has 1 amide bonds. The van der Waals surface area contributed by atoms with Crippen LogP contribution in [0.15, 0.2) is 65.1 Å². The van der Waals surface area contributed by atoms with Crippen molar-refractivity contribution in [2.45, 2.75) is 11.3 Å². The Balaban J connectivity index is 1.79. The van der Waals surface area contributed by atoms with Gasteiger partial charge in [0.25, 0.3) is 0 Å². The number of amides is 1. The number of hydrazone groups is 1. The third-order valence-corrected chi connectivity index (χ3v) is 4.62. The van der Waals surface area contributed by atoms with E-state index in [9.17, 15) is 4.79 Å². The predicted octanol–water partition coefficient (Wildman–Crippen LogP) is 4.55. The highest BCUT2D eigenvalue weighted by Crippen LogP contribution is 2.27. The predicted molar refractivity (Wildman–Crippen MR) is 111 cm³/mol. The van der Waals surface area contributed by atoms with Crippen LogP contribution in [-0.2, 0) is 4.79 Å². The van der Waals surface area contributed by atoms with Crippen LogP contribution in [0.2, 0.25) is 5.02 Å². The van der Waals surface area contributed by atoms with Gasteiger partial charge in [-0.3, -0.25) is 4.79 Å². The highest BCUT2D eigenvalue weighted by molar-refractivity contribution is 7.99. The monoisotopic (exact) mass is 404 g/mol. The van der Waals surface area contributed by atoms with E-state index in [1.807, 2.05) is 30.3 Å². The Hall–Kier alpha value is -2.44. The molecule has 142 valence electrons. The average molecular weight is 405 g/mol. The lowest BCUT2D eigenvalue weighted by molar-refractivity contribution is -0.120. The molecule has 0 atom stereocenters. The van der Waals surface area contributed by atoms with Gasteiger partial charge >= 0.3 is 0 Å². The first-order chi connectivity index (χ1) is 13.1. The molecule has 2 aromatic rings. The summed E-state index contributed by atoms with van der Waals surface area (Å²) >= 11 is 7.44. The van der Waals surface area contributed by atoms with Crippen LogP contribution in [0.3, 0.4) is 0 Å². The summed E-state index contributed by atoms with van der Waals surface area (Å²) in [7, 11) is 1.57. The topological polar surface area (TPSA) is 59.9 Å². The summed E-state index contributed by atoms with van der Waals surface area (Å²) in [5.74, 6) is 1.72. The molecule has 5 nitrogen and oxygen atoms in total. The third kappa shape index (κ3) is 7.37. The first-order valence-corrected chi connectivity index (χ1v) is 9.60. The number of carbonyl (C=O) groups excluding carboxylic acids is 1. The van der Waals surface area contributed by atoms with Crippen molar-refractivity contribution in [1.82, 2.24) is 5.43 Å². The second kappa shape index (κ2) is 11.3. The summed E-state index contributed by atoms with van der Waals surface area (Å²) in [6.45, 7) is 4.01. The van der Waals surface area contributed by atoms with Gasteiger partial charge in [-0.05, 0) is 48.0 Å². The van der Waals surface area contributed by atoms with E-state index in [1.54, 1.807) is 43.3 Å². The number of halogens is 1. The third-order valence-electron chi connectivity index (χ3n) is 3.36. The highest BCUT2D eigenvalue weighted by atomic mass is 35.5. The van der Waals surface area contributed by atoms with Crippen LogP contribution >= 0.6 is 23.4 Å². The summed E-state index contributed by atoms with van der Waals surface area (Å²) in [6, 6.07) is 12.9. The molecule has 0 bridgehead atoms. The number of carbonyl (C=O) groups is 1. The summed E-state index contributed by atoms with van der Waals surface area (Å²) in [5, 5.41) is 4.68. The number of thioether (sulfide) groups is 1. The SMILES string of the molecule is C=CCOc1ccc(C=NNC(=O)CCSc2ccc(Cl)cc2)cc1OC. The van der Waals surface area contributed by atoms with Gasteiger partial charge in [0.1, 0.15) is 6.61 Å². The fourth-order valence-corrected chi connectivity index (χ4v) is 3.04. The molecule has 1 N–H and O–H groups in total. The zero-order valence-electron chi connectivity index (χ0n) is 15.0. The van der Waals surface area contributed by atoms with Gasteiger partial charge in [-0.15, -0.1) is 11.8 Å². The van der Waals surface area contributed by atoms with Gasteiger partial charge in [-0.2, -0.15) is 5.10 Å². The van der Waals surface area contributed by atoms with E-state index in [0.717, 1.165) is 10.5 Å². The number of hydrogen-bond donors (Lipinski definition) is 1. The molecular formula is C20H21ClN2O3S. The Morgan fingerprint density at radius 2 is 2.04 bits per heavy atom. The van der Waals surface area contributed by atoms with Gasteiger partial charge in [0, 0.05) is 22.1 Å². The normalized spacial score (nSPS) is 10.6. The van der Waals surface area contributed by atoms with E-state index in [1.165, 1.54) is 0 Å². The maximum Gasteiger partial charge on any atom is 0.240 e. The molecule has 0 radical (unpaired) electrons. The van der Waals surface area contributed by atoms with Gasteiger partial charge in [-0.1, -0.05) is 24.3 Å². The molecule has 0 aliphatic carbocycles. The van der Waals surface area contributed by atoms with E-state index in [-0.39, 0.29) is 5.91 Å². The van der Waals surface area contributed by atoms with Crippen molar-refractivity contribution in [3.63, 3.8) is 0 Å². The van der Waals surface area contributed by atoms with Crippen molar-refractivity contribution < 1.29 is 14.3 Å². The van der Waals surface area contributed by atoms with Crippen LogP contribution < -0.4 is 14.9 Å². The number of rotatable bonds is 10. The fourth-order valence-electron chi connectivity index (χ4n) is 2.06. The lowest BCUT2D eigenvalue weighted by Gasteiger charge is -2.09. The second-order valence-electron chi connectivity index (χ2n) is 5.36. The molecule has 0 heterocycles. The summed E-state index contributed by atoms with van der Waals surface area (Å²) in [5.41, 5.74) is 3.31. The maximum atomic E-state index is 11.9. The van der Waals surface area contributed by atoms with Gasteiger partial charge in [0.15, 0.2) is 11.5 Å². The van der Waals surface area contributed by atoms with Crippen LogP contribution in [0.25, 0.3) is 0 Å². The Bertz CT molecular complexity index is 794. The summed E-state index contributed by atoms with van der Waals surface area (Å²) < 4.78 is 10.8. The van der Waals surface area contributed by atoms with E-state index >= 15 is 0 Å². The van der Waals surface area contributed by atoms with Gasteiger partial charge in [0.05, 0.1) is 13.3 Å². The molecule has 2 rings (SSSR count). The largest absolute Gasteiger partial charge is 0.493 e. The second-order valence-corrected chi connectivity index (χ2v) is 6.96. The molecule has 0 saturated heterocycles. The van der Waals surface area contributed by atoms with Crippen molar-refractivity contribution >= 4 is 35.5 Å². The van der Waals surface area contributed by atoms with Gasteiger partial charge in [0.2, 0.25) is 5.91 Å². The van der Waals surface area contributed by atoms with Crippen molar-refractivity contribution in [2.24, 2.45) is 5.10 Å². The van der Waals surface area contributed by atoms with Crippen molar-refractivity contribution in [2.75, 3.05) is 19.5 Å². The van der Waals surface area contributed by atoms with Crippen LogP contribution in [0.5, 0.6) is 11.5 Å². The van der Waals surface area contributed by atoms with Gasteiger partial charge in [-0.25, -0.2) is 5.43 Å². The molecule has 0 aromatic heterocycles. The first kappa shape index (κ1) is 20.9. The average Bonchev–Trinajstić information content (AvgIpc) is 2.68. The van der Waals surface area contributed by atoms with Crippen molar-refractivity contribution in [3.05, 3.63) is 65.7 Å². The zero-order valence-corrected chi connectivity index (χ0v) is 16.6. The molecule has 7 heteroatoms. The molecule has 0 fully saturated rings. The number of hydrogen-bond acceptors (Lipinski definition) is 5. The minimum Gasteiger partial charge on any atom is -0.493 e. The van der Waals surface area contributed by atoms with E-state index in [0.29, 0.717) is 35.3 Å². The lowest BCUT2D eigenvalue weighted by Crippen LogP contribution is -2.17. The minimum absolute atomic E-state index is 0.148. The molecule has 0 aliphatic rings.